The van der Waals surface area contributed by atoms with E-state index in [1.165, 1.54) is 0 Å². The average Bonchev–Trinajstić information content (AvgIpc) is 2.04. The first-order valence-corrected chi connectivity index (χ1v) is 5.97. The molecule has 0 saturated heterocycles. The molecule has 0 aliphatic heterocycles. The van der Waals surface area contributed by atoms with Gasteiger partial charge in [0.1, 0.15) is 0 Å². The third-order valence-electron chi connectivity index (χ3n) is 2.35. The Morgan fingerprint density at radius 2 is 1.85 bits per heavy atom. The molecule has 1 atom stereocenters. The first-order valence-electron chi connectivity index (χ1n) is 4.92. The molecule has 0 saturated carbocycles. The number of hydrogen-bond donors (Lipinski definition) is 0. The summed E-state index contributed by atoms with van der Waals surface area (Å²) in [6, 6.07) is 2.33. The highest BCUT2D eigenvalue weighted by Gasteiger charge is 2.17. The maximum Gasteiger partial charge on any atom is 0.0684 e. The van der Waals surface area contributed by atoms with Crippen molar-refractivity contribution in [3.05, 3.63) is 0 Å². The number of nitrogens with zero attached hydrogens (tertiary/aromatic N) is 1. The molecule has 0 spiro atoms. The molecule has 0 fully saturated rings. The normalized spacial score (nSPS) is 14.2. The lowest BCUT2D eigenvalue weighted by molar-refractivity contribution is 0.481. The van der Waals surface area contributed by atoms with Gasteiger partial charge in [-0.2, -0.15) is 17.0 Å². The van der Waals surface area contributed by atoms with Crippen LogP contribution in [0, 0.1) is 22.7 Å². The summed E-state index contributed by atoms with van der Waals surface area (Å²) in [4.78, 5) is 0. The van der Waals surface area contributed by atoms with Gasteiger partial charge in [-0.05, 0) is 31.9 Å². The lowest BCUT2D eigenvalue weighted by Crippen LogP contribution is -2.12. The Balaban J connectivity index is 3.64. The number of rotatable bonds is 5. The number of nitriles is 1. The van der Waals surface area contributed by atoms with E-state index in [0.29, 0.717) is 5.25 Å². The Morgan fingerprint density at radius 3 is 2.23 bits per heavy atom. The zero-order valence-electron chi connectivity index (χ0n) is 9.42. The minimum Gasteiger partial charge on any atom is -0.198 e. The van der Waals surface area contributed by atoms with Crippen molar-refractivity contribution in [2.75, 3.05) is 5.75 Å². The lowest BCUT2D eigenvalue weighted by atomic mass is 9.93. The molecule has 0 heterocycles. The van der Waals surface area contributed by atoms with E-state index in [9.17, 15) is 0 Å². The fourth-order valence-electron chi connectivity index (χ4n) is 0.748. The SMILES string of the molecule is CC(C)C(C)SCCC(C)(C)C#N. The van der Waals surface area contributed by atoms with E-state index in [4.69, 9.17) is 5.26 Å². The zero-order valence-corrected chi connectivity index (χ0v) is 10.2. The van der Waals surface area contributed by atoms with Gasteiger partial charge in [-0.15, -0.1) is 0 Å². The van der Waals surface area contributed by atoms with E-state index >= 15 is 0 Å². The highest BCUT2D eigenvalue weighted by molar-refractivity contribution is 7.99. The Hall–Kier alpha value is -0.160. The van der Waals surface area contributed by atoms with Crippen LogP contribution < -0.4 is 0 Å². The third-order valence-corrected chi connectivity index (χ3v) is 3.86. The van der Waals surface area contributed by atoms with Crippen LogP contribution in [0.1, 0.15) is 41.0 Å². The van der Waals surface area contributed by atoms with Crippen molar-refractivity contribution in [3.8, 4) is 6.07 Å². The topological polar surface area (TPSA) is 23.8 Å². The van der Waals surface area contributed by atoms with E-state index in [1.807, 2.05) is 25.6 Å². The molecule has 0 aliphatic carbocycles. The smallest absolute Gasteiger partial charge is 0.0684 e. The first-order chi connectivity index (χ1) is 5.89. The Morgan fingerprint density at radius 1 is 1.31 bits per heavy atom. The molecule has 13 heavy (non-hydrogen) atoms. The standard InChI is InChI=1S/C11H21NS/c1-9(2)10(3)13-7-6-11(4,5)8-12/h9-10H,6-7H2,1-5H3. The maximum atomic E-state index is 8.81. The molecule has 0 N–H and O–H groups in total. The lowest BCUT2D eigenvalue weighted by Gasteiger charge is -2.18. The largest absolute Gasteiger partial charge is 0.198 e. The maximum absolute atomic E-state index is 8.81. The summed E-state index contributed by atoms with van der Waals surface area (Å²) in [5.74, 6) is 1.83. The van der Waals surface area contributed by atoms with Crippen molar-refractivity contribution < 1.29 is 0 Å². The van der Waals surface area contributed by atoms with E-state index in [-0.39, 0.29) is 5.41 Å². The molecule has 0 rings (SSSR count). The van der Waals surface area contributed by atoms with E-state index in [0.717, 1.165) is 18.1 Å². The molecule has 2 heteroatoms. The highest BCUT2D eigenvalue weighted by Crippen LogP contribution is 2.25. The van der Waals surface area contributed by atoms with Crippen LogP contribution in [-0.2, 0) is 0 Å². The molecule has 0 aromatic carbocycles. The highest BCUT2D eigenvalue weighted by atomic mass is 32.2. The second-order valence-electron chi connectivity index (χ2n) is 4.57. The summed E-state index contributed by atoms with van der Waals surface area (Å²) in [6.07, 6.45) is 0.991. The van der Waals surface area contributed by atoms with Crippen LogP contribution in [0.15, 0.2) is 0 Å². The van der Waals surface area contributed by atoms with Crippen LogP contribution >= 0.6 is 11.8 Å². The van der Waals surface area contributed by atoms with Crippen molar-refractivity contribution in [2.45, 2.75) is 46.3 Å². The molecule has 0 radical (unpaired) electrons. The van der Waals surface area contributed by atoms with Crippen LogP contribution in [-0.4, -0.2) is 11.0 Å². The predicted octanol–water partition coefficient (Wildman–Crippen LogP) is 3.70. The summed E-state index contributed by atoms with van der Waals surface area (Å²) in [6.45, 7) is 10.8. The average molecular weight is 199 g/mol. The summed E-state index contributed by atoms with van der Waals surface area (Å²) in [5, 5.41) is 9.51. The van der Waals surface area contributed by atoms with Gasteiger partial charge in [0, 0.05) is 5.25 Å². The van der Waals surface area contributed by atoms with Gasteiger partial charge in [0.15, 0.2) is 0 Å². The monoisotopic (exact) mass is 199 g/mol. The summed E-state index contributed by atoms with van der Waals surface area (Å²) >= 11 is 1.98. The molecule has 0 aromatic rings. The molecule has 1 nitrogen and oxygen atoms in total. The molecular formula is C11H21NS. The summed E-state index contributed by atoms with van der Waals surface area (Å²) in [5.41, 5.74) is -0.149. The zero-order chi connectivity index (χ0) is 10.5. The minimum atomic E-state index is -0.149. The number of thioether (sulfide) groups is 1. The van der Waals surface area contributed by atoms with Crippen LogP contribution in [0.25, 0.3) is 0 Å². The van der Waals surface area contributed by atoms with Crippen LogP contribution in [0.5, 0.6) is 0 Å². The van der Waals surface area contributed by atoms with Crippen LogP contribution in [0.2, 0.25) is 0 Å². The van der Waals surface area contributed by atoms with Crippen molar-refractivity contribution >= 4 is 11.8 Å². The van der Waals surface area contributed by atoms with E-state index < -0.39 is 0 Å². The van der Waals surface area contributed by atoms with E-state index in [2.05, 4.69) is 26.8 Å². The van der Waals surface area contributed by atoms with Gasteiger partial charge in [0.2, 0.25) is 0 Å². The molecule has 1 unspecified atom stereocenters. The predicted molar refractivity (Wildman–Crippen MR) is 60.8 cm³/mol. The van der Waals surface area contributed by atoms with Gasteiger partial charge < -0.3 is 0 Å². The minimum absolute atomic E-state index is 0.149. The van der Waals surface area contributed by atoms with E-state index in [1.54, 1.807) is 0 Å². The molecule has 0 aliphatic rings. The fourth-order valence-corrected chi connectivity index (χ4v) is 2.13. The second-order valence-corrected chi connectivity index (χ2v) is 6.05. The van der Waals surface area contributed by atoms with Crippen LogP contribution in [0.3, 0.4) is 0 Å². The first kappa shape index (κ1) is 12.8. The second kappa shape index (κ2) is 5.54. The summed E-state index contributed by atoms with van der Waals surface area (Å²) in [7, 11) is 0. The molecule has 0 bridgehead atoms. The van der Waals surface area contributed by atoms with Crippen LogP contribution in [0.4, 0.5) is 0 Å². The molecule has 0 amide bonds. The van der Waals surface area contributed by atoms with Crippen molar-refractivity contribution in [2.24, 2.45) is 11.3 Å². The van der Waals surface area contributed by atoms with Crippen molar-refractivity contribution in [3.63, 3.8) is 0 Å². The van der Waals surface area contributed by atoms with Gasteiger partial charge in [-0.3, -0.25) is 0 Å². The third kappa shape index (κ3) is 5.99. The Kier molecular flexibility index (Phi) is 5.48. The van der Waals surface area contributed by atoms with Gasteiger partial charge in [-0.25, -0.2) is 0 Å². The van der Waals surface area contributed by atoms with Crippen molar-refractivity contribution in [1.82, 2.24) is 0 Å². The van der Waals surface area contributed by atoms with Gasteiger partial charge >= 0.3 is 0 Å². The molecule has 0 aromatic heterocycles. The Labute approximate surface area is 86.9 Å². The quantitative estimate of drug-likeness (QED) is 0.674. The number of hydrogen-bond acceptors (Lipinski definition) is 2. The van der Waals surface area contributed by atoms with Crippen molar-refractivity contribution in [1.29, 1.82) is 5.26 Å². The Bertz CT molecular complexity index is 179. The fraction of sp³-hybridized carbons (Fsp3) is 0.909. The van der Waals surface area contributed by atoms with Gasteiger partial charge in [-0.1, -0.05) is 20.8 Å². The summed E-state index contributed by atoms with van der Waals surface area (Å²) < 4.78 is 0. The van der Waals surface area contributed by atoms with Gasteiger partial charge in [0.25, 0.3) is 0 Å². The van der Waals surface area contributed by atoms with Gasteiger partial charge in [0.05, 0.1) is 11.5 Å². The molecule has 76 valence electrons. The molecular weight excluding hydrogens is 178 g/mol.